The molecule has 1 heterocycles. The second kappa shape index (κ2) is 12.2. The van der Waals surface area contributed by atoms with Crippen LogP contribution in [0.15, 0.2) is 63.5 Å². The van der Waals surface area contributed by atoms with Crippen LogP contribution in [0.3, 0.4) is 0 Å². The van der Waals surface area contributed by atoms with E-state index in [1.54, 1.807) is 26.2 Å². The largest absolute Gasteiger partial charge is 0.461 e. The molecular weight excluding hydrogens is 566 g/mol. The molecule has 1 unspecified atom stereocenters. The molecule has 1 aliphatic rings. The second-order valence-electron chi connectivity index (χ2n) is 7.68. The third-order valence-corrected chi connectivity index (χ3v) is 5.32. The number of carbonyl (C=O) groups is 2. The molecule has 2 aromatic carbocycles. The molecule has 198 valence electrons. The summed E-state index contributed by atoms with van der Waals surface area (Å²) in [6.45, 7) is 1.45. The van der Waals surface area contributed by atoms with Crippen molar-refractivity contribution in [2.75, 3.05) is 27.8 Å². The molecule has 13 nitrogen and oxygen atoms in total. The molecule has 1 atom stereocenters. The highest BCUT2D eigenvalue weighted by molar-refractivity contribution is 9.10. The van der Waals surface area contributed by atoms with Crippen LogP contribution in [0, 0.1) is 21.4 Å². The van der Waals surface area contributed by atoms with Crippen molar-refractivity contribution >= 4 is 33.5 Å². The molecular formula is C24H22BrN5O8. The maximum atomic E-state index is 12.7. The van der Waals surface area contributed by atoms with E-state index in [9.17, 15) is 25.0 Å². The van der Waals surface area contributed by atoms with Gasteiger partial charge < -0.3 is 19.1 Å². The van der Waals surface area contributed by atoms with Crippen molar-refractivity contribution in [1.29, 1.82) is 5.26 Å². The molecule has 0 aromatic heterocycles. The molecule has 0 N–H and O–H groups in total. The van der Waals surface area contributed by atoms with E-state index in [0.717, 1.165) is 5.06 Å². The lowest BCUT2D eigenvalue weighted by Crippen LogP contribution is -2.46. The molecule has 0 spiro atoms. The van der Waals surface area contributed by atoms with Gasteiger partial charge in [-0.1, -0.05) is 22.0 Å². The first-order valence-electron chi connectivity index (χ1n) is 10.9. The minimum Gasteiger partial charge on any atom is -0.461 e. The van der Waals surface area contributed by atoms with Crippen molar-refractivity contribution < 1.29 is 33.6 Å². The lowest BCUT2D eigenvalue weighted by molar-refractivity contribution is -0.422. The molecule has 0 bridgehead atoms. The molecule has 38 heavy (non-hydrogen) atoms. The molecule has 3 rings (SSSR count). The van der Waals surface area contributed by atoms with Gasteiger partial charge in [-0.15, -0.1) is 0 Å². The van der Waals surface area contributed by atoms with Crippen LogP contribution in [0.5, 0.6) is 11.5 Å². The number of hydroxylamine groups is 2. The van der Waals surface area contributed by atoms with E-state index in [1.807, 2.05) is 6.07 Å². The van der Waals surface area contributed by atoms with Crippen molar-refractivity contribution in [2.24, 2.45) is 4.99 Å². The quantitative estimate of drug-likeness (QED) is 0.242. The van der Waals surface area contributed by atoms with Crippen LogP contribution in [0.2, 0.25) is 0 Å². The molecule has 0 saturated heterocycles. The maximum absolute atomic E-state index is 12.7. The number of halogens is 1. The van der Waals surface area contributed by atoms with E-state index in [0.29, 0.717) is 10.0 Å². The number of nitrogens with zero attached hydrogens (tertiary/aromatic N) is 5. The zero-order valence-corrected chi connectivity index (χ0v) is 22.3. The summed E-state index contributed by atoms with van der Waals surface area (Å²) in [7, 11) is 4.37. The van der Waals surface area contributed by atoms with E-state index in [1.165, 1.54) is 49.3 Å². The fraction of sp³-hybridized carbons (Fsp3) is 0.250. The smallest absolute Gasteiger partial charge is 0.364 e. The Labute approximate surface area is 225 Å². The van der Waals surface area contributed by atoms with Gasteiger partial charge in [-0.2, -0.15) is 10.3 Å². The minimum absolute atomic E-state index is 0.0229. The average Bonchev–Trinajstić information content (AvgIpc) is 2.87. The summed E-state index contributed by atoms with van der Waals surface area (Å²) in [4.78, 5) is 47.2. The summed E-state index contributed by atoms with van der Waals surface area (Å²) in [6.07, 6.45) is -1.51. The van der Waals surface area contributed by atoms with Gasteiger partial charge in [0.2, 0.25) is 5.71 Å². The number of rotatable bonds is 9. The third-order valence-electron chi connectivity index (χ3n) is 4.86. The number of nitro groups is 1. The molecule has 0 fully saturated rings. The van der Waals surface area contributed by atoms with Crippen molar-refractivity contribution in [3.05, 3.63) is 79.8 Å². The van der Waals surface area contributed by atoms with Crippen LogP contribution in [-0.2, 0) is 14.4 Å². The molecule has 0 saturated carbocycles. The predicted molar refractivity (Wildman–Crippen MR) is 135 cm³/mol. The summed E-state index contributed by atoms with van der Waals surface area (Å²) >= 11 is 3.26. The van der Waals surface area contributed by atoms with Gasteiger partial charge in [0.25, 0.3) is 12.3 Å². The SMILES string of the molecule is CCOC(=O)C1=NC(Oc2cccc(C(=O)N(C)C)c2)N(OC)C(Oc2cc(Br)cc(C#N)c2)=C1[N+](=O)[O-]. The Balaban J connectivity index is 2.13. The lowest BCUT2D eigenvalue weighted by atomic mass is 10.2. The Morgan fingerprint density at radius 1 is 1.24 bits per heavy atom. The van der Waals surface area contributed by atoms with E-state index >= 15 is 0 Å². The normalized spacial score (nSPS) is 14.8. The Morgan fingerprint density at radius 3 is 2.58 bits per heavy atom. The Hall–Kier alpha value is -4.48. The minimum atomic E-state index is -1.51. The van der Waals surface area contributed by atoms with Crippen molar-refractivity contribution in [1.82, 2.24) is 9.96 Å². The zero-order valence-electron chi connectivity index (χ0n) is 20.7. The van der Waals surface area contributed by atoms with E-state index in [2.05, 4.69) is 20.9 Å². The van der Waals surface area contributed by atoms with E-state index < -0.39 is 34.5 Å². The number of carbonyl (C=O) groups excluding carboxylic acids is 2. The predicted octanol–water partition coefficient (Wildman–Crippen LogP) is 3.09. The van der Waals surface area contributed by atoms with Crippen LogP contribution >= 0.6 is 15.9 Å². The molecule has 2 aromatic rings. The summed E-state index contributed by atoms with van der Waals surface area (Å²) in [6, 6.07) is 12.4. The van der Waals surface area contributed by atoms with Crippen LogP contribution in [0.1, 0.15) is 22.8 Å². The van der Waals surface area contributed by atoms with Gasteiger partial charge in [-0.05, 0) is 43.3 Å². The topological polar surface area (TPSA) is 157 Å². The van der Waals surface area contributed by atoms with Gasteiger partial charge in [-0.25, -0.2) is 9.79 Å². The van der Waals surface area contributed by atoms with Crippen LogP contribution in [-0.4, -0.2) is 66.6 Å². The van der Waals surface area contributed by atoms with E-state index in [-0.39, 0.29) is 29.6 Å². The summed E-state index contributed by atoms with van der Waals surface area (Å²) in [5, 5.41) is 22.3. The number of benzene rings is 2. The molecule has 14 heteroatoms. The number of esters is 1. The standard InChI is InChI=1S/C24H22BrN5O8/c1-5-36-23(32)19-20(30(33)34)22(37-18-10-14(13-26)9-16(25)12-18)29(35-4)24(27-19)38-17-8-6-7-15(11-17)21(31)28(2)3/h6-12,24H,5H2,1-4H3. The average molecular weight is 588 g/mol. The fourth-order valence-electron chi connectivity index (χ4n) is 3.26. The highest BCUT2D eigenvalue weighted by atomic mass is 79.9. The molecule has 0 aliphatic carbocycles. The summed E-state index contributed by atoms with van der Waals surface area (Å²) < 4.78 is 17.1. The van der Waals surface area contributed by atoms with Crippen molar-refractivity contribution in [3.63, 3.8) is 0 Å². The summed E-state index contributed by atoms with van der Waals surface area (Å²) in [5.41, 5.74) is -1.02. The number of hydrogen-bond donors (Lipinski definition) is 0. The highest BCUT2D eigenvalue weighted by Crippen LogP contribution is 2.30. The van der Waals surface area contributed by atoms with Gasteiger partial charge in [-0.3, -0.25) is 19.7 Å². The van der Waals surface area contributed by atoms with Gasteiger partial charge in [0.1, 0.15) is 11.5 Å². The van der Waals surface area contributed by atoms with Crippen LogP contribution < -0.4 is 9.47 Å². The number of amides is 1. The number of ether oxygens (including phenoxy) is 3. The number of aliphatic imine (C=N–C) groups is 1. The van der Waals surface area contributed by atoms with Gasteiger partial charge in [0.15, 0.2) is 0 Å². The fourth-order valence-corrected chi connectivity index (χ4v) is 3.74. The third kappa shape index (κ3) is 6.25. The highest BCUT2D eigenvalue weighted by Gasteiger charge is 2.45. The Kier molecular flexibility index (Phi) is 9.00. The second-order valence-corrected chi connectivity index (χ2v) is 8.59. The van der Waals surface area contributed by atoms with Crippen molar-refractivity contribution in [2.45, 2.75) is 13.3 Å². The van der Waals surface area contributed by atoms with Crippen molar-refractivity contribution in [3.8, 4) is 17.6 Å². The summed E-state index contributed by atoms with van der Waals surface area (Å²) in [5.74, 6) is -1.76. The first-order chi connectivity index (χ1) is 18.1. The molecule has 0 radical (unpaired) electrons. The van der Waals surface area contributed by atoms with Crippen LogP contribution in [0.25, 0.3) is 0 Å². The zero-order chi connectivity index (χ0) is 28.0. The van der Waals surface area contributed by atoms with Gasteiger partial charge >= 0.3 is 17.5 Å². The lowest BCUT2D eigenvalue weighted by Gasteiger charge is -2.32. The first kappa shape index (κ1) is 28.1. The number of nitriles is 1. The Bertz CT molecular complexity index is 1370. The molecule has 1 aliphatic heterocycles. The molecule has 1 amide bonds. The van der Waals surface area contributed by atoms with Crippen LogP contribution in [0.4, 0.5) is 0 Å². The monoisotopic (exact) mass is 587 g/mol. The van der Waals surface area contributed by atoms with Gasteiger partial charge in [0.05, 0.1) is 30.3 Å². The number of hydrogen-bond acceptors (Lipinski definition) is 11. The first-order valence-corrected chi connectivity index (χ1v) is 11.7. The van der Waals surface area contributed by atoms with Gasteiger partial charge in [0, 0.05) is 24.1 Å². The maximum Gasteiger partial charge on any atom is 0.364 e. The Morgan fingerprint density at radius 2 is 1.97 bits per heavy atom. The van der Waals surface area contributed by atoms with E-state index in [4.69, 9.17) is 19.0 Å².